The molecule has 0 heterocycles. The monoisotopic (exact) mass is 351 g/mol. The minimum atomic E-state index is -4.29. The van der Waals surface area contributed by atoms with Crippen molar-refractivity contribution in [3.05, 3.63) is 33.8 Å². The standard InChI is InChI=1S/C15H21BrF3N/c1-4-20-13(7-10(2)3)8-11-5-6-12(9-14(11)16)15(17,18)19/h5-6,9-10,13,20H,4,7-8H2,1-3H3. The summed E-state index contributed by atoms with van der Waals surface area (Å²) in [7, 11) is 0. The Morgan fingerprint density at radius 3 is 2.35 bits per heavy atom. The van der Waals surface area contributed by atoms with Crippen molar-refractivity contribution in [2.24, 2.45) is 5.92 Å². The highest BCUT2D eigenvalue weighted by atomic mass is 79.9. The van der Waals surface area contributed by atoms with Crippen LogP contribution in [0.2, 0.25) is 0 Å². The Kier molecular flexibility index (Phi) is 6.52. The number of alkyl halides is 3. The van der Waals surface area contributed by atoms with Gasteiger partial charge in [0.25, 0.3) is 0 Å². The van der Waals surface area contributed by atoms with Crippen LogP contribution in [-0.2, 0) is 12.6 Å². The maximum absolute atomic E-state index is 12.6. The highest BCUT2D eigenvalue weighted by molar-refractivity contribution is 9.10. The van der Waals surface area contributed by atoms with Gasteiger partial charge in [-0.2, -0.15) is 13.2 Å². The van der Waals surface area contributed by atoms with Crippen LogP contribution in [0.5, 0.6) is 0 Å². The van der Waals surface area contributed by atoms with Gasteiger partial charge in [0.05, 0.1) is 5.56 Å². The van der Waals surface area contributed by atoms with Gasteiger partial charge in [-0.3, -0.25) is 0 Å². The summed E-state index contributed by atoms with van der Waals surface area (Å²) in [5.41, 5.74) is 0.293. The second-order valence-electron chi connectivity index (χ2n) is 5.39. The van der Waals surface area contributed by atoms with Crippen LogP contribution in [0.15, 0.2) is 22.7 Å². The maximum Gasteiger partial charge on any atom is 0.416 e. The summed E-state index contributed by atoms with van der Waals surface area (Å²) in [6, 6.07) is 4.16. The van der Waals surface area contributed by atoms with E-state index in [1.807, 2.05) is 6.92 Å². The van der Waals surface area contributed by atoms with Gasteiger partial charge in [-0.05, 0) is 43.0 Å². The molecule has 0 saturated carbocycles. The minimum absolute atomic E-state index is 0.285. The molecule has 0 aliphatic carbocycles. The number of benzene rings is 1. The summed E-state index contributed by atoms with van der Waals surface area (Å²) in [5, 5.41) is 3.39. The molecule has 1 N–H and O–H groups in total. The molecule has 114 valence electrons. The fourth-order valence-electron chi connectivity index (χ4n) is 2.25. The number of hydrogen-bond donors (Lipinski definition) is 1. The molecule has 1 aromatic carbocycles. The van der Waals surface area contributed by atoms with E-state index in [4.69, 9.17) is 0 Å². The van der Waals surface area contributed by atoms with Crippen LogP contribution in [0.3, 0.4) is 0 Å². The summed E-state index contributed by atoms with van der Waals surface area (Å²) in [5.74, 6) is 0.548. The predicted molar refractivity (Wildman–Crippen MR) is 79.8 cm³/mol. The second kappa shape index (κ2) is 7.46. The smallest absolute Gasteiger partial charge is 0.314 e. The molecule has 1 aromatic rings. The molecule has 0 amide bonds. The van der Waals surface area contributed by atoms with Crippen molar-refractivity contribution in [2.75, 3.05) is 6.54 Å². The number of likely N-dealkylation sites (N-methyl/N-ethyl adjacent to an activating group) is 1. The van der Waals surface area contributed by atoms with Crippen LogP contribution in [0.4, 0.5) is 13.2 Å². The Bertz CT molecular complexity index is 430. The molecule has 0 radical (unpaired) electrons. The van der Waals surface area contributed by atoms with Crippen molar-refractivity contribution in [3.8, 4) is 0 Å². The van der Waals surface area contributed by atoms with Crippen molar-refractivity contribution in [1.29, 1.82) is 0 Å². The Hall–Kier alpha value is -0.550. The predicted octanol–water partition coefficient (Wildman–Crippen LogP) is 5.03. The van der Waals surface area contributed by atoms with E-state index in [1.54, 1.807) is 6.07 Å². The Morgan fingerprint density at radius 1 is 1.25 bits per heavy atom. The van der Waals surface area contributed by atoms with E-state index in [-0.39, 0.29) is 6.04 Å². The third-order valence-corrected chi connectivity index (χ3v) is 3.83. The van der Waals surface area contributed by atoms with Gasteiger partial charge in [0.2, 0.25) is 0 Å². The summed E-state index contributed by atoms with van der Waals surface area (Å²) >= 11 is 3.26. The van der Waals surface area contributed by atoms with Crippen LogP contribution in [-0.4, -0.2) is 12.6 Å². The van der Waals surface area contributed by atoms with E-state index in [2.05, 4.69) is 35.1 Å². The Balaban J connectivity index is 2.85. The van der Waals surface area contributed by atoms with Gasteiger partial charge in [-0.1, -0.05) is 42.8 Å². The van der Waals surface area contributed by atoms with Gasteiger partial charge in [0.1, 0.15) is 0 Å². The average molecular weight is 352 g/mol. The maximum atomic E-state index is 12.6. The summed E-state index contributed by atoms with van der Waals surface area (Å²) < 4.78 is 38.4. The number of nitrogens with one attached hydrogen (secondary N) is 1. The fourth-order valence-corrected chi connectivity index (χ4v) is 2.79. The molecular weight excluding hydrogens is 331 g/mol. The molecule has 0 fully saturated rings. The molecule has 5 heteroatoms. The zero-order chi connectivity index (χ0) is 15.3. The zero-order valence-corrected chi connectivity index (χ0v) is 13.6. The lowest BCUT2D eigenvalue weighted by Gasteiger charge is -2.21. The Labute approximate surface area is 127 Å². The topological polar surface area (TPSA) is 12.0 Å². The summed E-state index contributed by atoms with van der Waals surface area (Å²) in [4.78, 5) is 0. The van der Waals surface area contributed by atoms with Gasteiger partial charge >= 0.3 is 6.18 Å². The van der Waals surface area contributed by atoms with Crippen LogP contribution in [0, 0.1) is 5.92 Å². The molecule has 0 spiro atoms. The first-order valence-corrected chi connectivity index (χ1v) is 7.62. The first-order valence-electron chi connectivity index (χ1n) is 6.83. The summed E-state index contributed by atoms with van der Waals surface area (Å²) in [6.07, 6.45) is -2.56. The van der Waals surface area contributed by atoms with Crippen LogP contribution >= 0.6 is 15.9 Å². The molecule has 0 saturated heterocycles. The lowest BCUT2D eigenvalue weighted by atomic mass is 9.96. The fraction of sp³-hybridized carbons (Fsp3) is 0.600. The molecule has 0 bridgehead atoms. The van der Waals surface area contributed by atoms with Gasteiger partial charge in [0.15, 0.2) is 0 Å². The molecule has 1 unspecified atom stereocenters. The van der Waals surface area contributed by atoms with E-state index in [9.17, 15) is 13.2 Å². The van der Waals surface area contributed by atoms with E-state index < -0.39 is 11.7 Å². The number of rotatable bonds is 6. The molecule has 1 atom stereocenters. The van der Waals surface area contributed by atoms with Gasteiger partial charge in [0, 0.05) is 10.5 Å². The number of hydrogen-bond acceptors (Lipinski definition) is 1. The third kappa shape index (κ3) is 5.44. The van der Waals surface area contributed by atoms with Gasteiger partial charge < -0.3 is 5.32 Å². The van der Waals surface area contributed by atoms with E-state index in [0.29, 0.717) is 10.4 Å². The molecule has 1 rings (SSSR count). The molecule has 0 aromatic heterocycles. The largest absolute Gasteiger partial charge is 0.416 e. The molecule has 0 aliphatic heterocycles. The van der Waals surface area contributed by atoms with Crippen molar-refractivity contribution < 1.29 is 13.2 Å². The second-order valence-corrected chi connectivity index (χ2v) is 6.25. The number of halogens is 4. The van der Waals surface area contributed by atoms with Crippen LogP contribution < -0.4 is 5.32 Å². The SMILES string of the molecule is CCNC(Cc1ccc(C(F)(F)F)cc1Br)CC(C)C. The molecular formula is C15H21BrF3N. The van der Waals surface area contributed by atoms with Gasteiger partial charge in [-0.15, -0.1) is 0 Å². The summed E-state index contributed by atoms with van der Waals surface area (Å²) in [6.45, 7) is 7.18. The first kappa shape index (κ1) is 17.5. The highest BCUT2D eigenvalue weighted by Gasteiger charge is 2.30. The van der Waals surface area contributed by atoms with Crippen molar-refractivity contribution in [3.63, 3.8) is 0 Å². The van der Waals surface area contributed by atoms with E-state index in [1.165, 1.54) is 0 Å². The first-order chi connectivity index (χ1) is 9.24. The third-order valence-electron chi connectivity index (χ3n) is 3.10. The molecule has 0 aliphatic rings. The normalized spacial score (nSPS) is 13.8. The average Bonchev–Trinajstić information content (AvgIpc) is 2.29. The minimum Gasteiger partial charge on any atom is -0.314 e. The van der Waals surface area contributed by atoms with E-state index in [0.717, 1.165) is 37.1 Å². The lowest BCUT2D eigenvalue weighted by molar-refractivity contribution is -0.137. The molecule has 1 nitrogen and oxygen atoms in total. The van der Waals surface area contributed by atoms with Crippen LogP contribution in [0.25, 0.3) is 0 Å². The van der Waals surface area contributed by atoms with Crippen molar-refractivity contribution in [2.45, 2.75) is 45.8 Å². The van der Waals surface area contributed by atoms with Crippen molar-refractivity contribution in [1.82, 2.24) is 5.32 Å². The Morgan fingerprint density at radius 2 is 1.90 bits per heavy atom. The molecule has 20 heavy (non-hydrogen) atoms. The van der Waals surface area contributed by atoms with E-state index >= 15 is 0 Å². The quantitative estimate of drug-likeness (QED) is 0.757. The highest BCUT2D eigenvalue weighted by Crippen LogP contribution is 2.32. The van der Waals surface area contributed by atoms with Crippen molar-refractivity contribution >= 4 is 15.9 Å². The van der Waals surface area contributed by atoms with Gasteiger partial charge in [-0.25, -0.2) is 0 Å². The lowest BCUT2D eigenvalue weighted by Crippen LogP contribution is -2.32. The van der Waals surface area contributed by atoms with Crippen LogP contribution in [0.1, 0.15) is 38.3 Å². The zero-order valence-electron chi connectivity index (χ0n) is 12.0.